The first-order valence-corrected chi connectivity index (χ1v) is 11.1. The van der Waals surface area contributed by atoms with Crippen molar-refractivity contribution in [3.05, 3.63) is 51.5 Å². The largest absolute Gasteiger partial charge is 0.365 e. The van der Waals surface area contributed by atoms with Crippen LogP contribution in [0.15, 0.2) is 29.6 Å². The minimum Gasteiger partial charge on any atom is -0.365 e. The number of nitrogens with zero attached hydrogens (tertiary/aromatic N) is 2. The first-order chi connectivity index (χ1) is 14.9. The third kappa shape index (κ3) is 3.59. The molecule has 0 unspecified atom stereocenters. The highest BCUT2D eigenvalue weighted by Crippen LogP contribution is 2.48. The average Bonchev–Trinajstić information content (AvgIpc) is 3.13. The number of aromatic nitrogens is 3. The molecule has 0 bridgehead atoms. The molecule has 7 nitrogen and oxygen atoms in total. The van der Waals surface area contributed by atoms with Crippen molar-refractivity contribution in [2.45, 2.75) is 25.2 Å². The number of halogens is 2. The minimum absolute atomic E-state index is 0.0678. The van der Waals surface area contributed by atoms with E-state index in [0.717, 1.165) is 29.1 Å². The molecule has 0 spiro atoms. The topological polar surface area (TPSA) is 114 Å². The van der Waals surface area contributed by atoms with Crippen LogP contribution in [0.2, 0.25) is 0 Å². The summed E-state index contributed by atoms with van der Waals surface area (Å²) in [5, 5.41) is 12.0. The van der Waals surface area contributed by atoms with Gasteiger partial charge >= 0.3 is 0 Å². The summed E-state index contributed by atoms with van der Waals surface area (Å²) in [4.78, 5) is 30.2. The third-order valence-corrected chi connectivity index (χ3v) is 7.01. The number of anilines is 1. The lowest BCUT2D eigenvalue weighted by Crippen LogP contribution is -2.17. The maximum absolute atomic E-state index is 13.3. The molecule has 31 heavy (non-hydrogen) atoms. The van der Waals surface area contributed by atoms with Gasteiger partial charge in [0.15, 0.2) is 5.69 Å². The Kier molecular flexibility index (Phi) is 4.78. The number of aromatic amines is 1. The van der Waals surface area contributed by atoms with Gasteiger partial charge in [-0.15, -0.1) is 22.7 Å². The highest BCUT2D eigenvalue weighted by molar-refractivity contribution is 7.21. The van der Waals surface area contributed by atoms with E-state index in [0.29, 0.717) is 16.6 Å². The quantitative estimate of drug-likeness (QED) is 0.380. The lowest BCUT2D eigenvalue weighted by molar-refractivity contribution is 0.100. The van der Waals surface area contributed by atoms with Gasteiger partial charge in [0.25, 0.3) is 18.2 Å². The SMILES string of the molecule is NC(=O)c1sc2nc(C(F)F)cc(C3CC3)c2c1NC(=O)c1cc(-c2cccs2)[nH]n1. The molecule has 0 aliphatic heterocycles. The van der Waals surface area contributed by atoms with Gasteiger partial charge in [0.2, 0.25) is 0 Å². The predicted molar refractivity (Wildman–Crippen MR) is 115 cm³/mol. The van der Waals surface area contributed by atoms with E-state index in [2.05, 4.69) is 20.5 Å². The fraction of sp³-hybridized carbons (Fsp3) is 0.200. The van der Waals surface area contributed by atoms with Crippen LogP contribution in [0.4, 0.5) is 14.5 Å². The van der Waals surface area contributed by atoms with Crippen molar-refractivity contribution in [3.8, 4) is 10.6 Å². The number of pyridine rings is 1. The van der Waals surface area contributed by atoms with Crippen LogP contribution in [0.25, 0.3) is 20.8 Å². The molecule has 5 rings (SSSR count). The van der Waals surface area contributed by atoms with Gasteiger partial charge in [0.05, 0.1) is 16.3 Å². The normalized spacial score (nSPS) is 13.8. The zero-order valence-electron chi connectivity index (χ0n) is 15.8. The number of primary amides is 1. The van der Waals surface area contributed by atoms with E-state index in [9.17, 15) is 18.4 Å². The zero-order chi connectivity index (χ0) is 21.7. The maximum Gasteiger partial charge on any atom is 0.280 e. The molecular weight excluding hydrogens is 444 g/mol. The van der Waals surface area contributed by atoms with Gasteiger partial charge in [-0.3, -0.25) is 14.7 Å². The molecule has 0 radical (unpaired) electrons. The number of hydrogen-bond donors (Lipinski definition) is 3. The second kappa shape index (κ2) is 7.50. The molecule has 1 saturated carbocycles. The van der Waals surface area contributed by atoms with Crippen LogP contribution < -0.4 is 11.1 Å². The van der Waals surface area contributed by atoms with Crippen LogP contribution >= 0.6 is 22.7 Å². The number of amides is 2. The van der Waals surface area contributed by atoms with Crippen molar-refractivity contribution in [1.82, 2.24) is 15.2 Å². The number of nitrogens with one attached hydrogen (secondary N) is 2. The van der Waals surface area contributed by atoms with Crippen molar-refractivity contribution in [3.63, 3.8) is 0 Å². The fourth-order valence-corrected chi connectivity index (χ4v) is 5.16. The molecule has 0 saturated heterocycles. The predicted octanol–water partition coefficient (Wildman–Crippen LogP) is 4.91. The zero-order valence-corrected chi connectivity index (χ0v) is 17.4. The summed E-state index contributed by atoms with van der Waals surface area (Å²) in [7, 11) is 0. The van der Waals surface area contributed by atoms with Gasteiger partial charge < -0.3 is 11.1 Å². The van der Waals surface area contributed by atoms with Crippen molar-refractivity contribution in [2.24, 2.45) is 5.73 Å². The van der Waals surface area contributed by atoms with Gasteiger partial charge in [-0.2, -0.15) is 5.10 Å². The first kappa shape index (κ1) is 19.8. The van der Waals surface area contributed by atoms with E-state index < -0.39 is 18.2 Å². The highest BCUT2D eigenvalue weighted by Gasteiger charge is 2.32. The van der Waals surface area contributed by atoms with Gasteiger partial charge in [-0.1, -0.05) is 6.07 Å². The lowest BCUT2D eigenvalue weighted by Gasteiger charge is -2.09. The molecule has 1 aliphatic carbocycles. The van der Waals surface area contributed by atoms with Crippen molar-refractivity contribution >= 4 is 50.4 Å². The molecule has 4 N–H and O–H groups in total. The molecule has 4 aromatic heterocycles. The van der Waals surface area contributed by atoms with Crippen LogP contribution in [-0.4, -0.2) is 27.0 Å². The molecule has 0 atom stereocenters. The molecular formula is C20H15F2N5O2S2. The van der Waals surface area contributed by atoms with Crippen molar-refractivity contribution in [1.29, 1.82) is 0 Å². The second-order valence-corrected chi connectivity index (χ2v) is 9.11. The van der Waals surface area contributed by atoms with E-state index in [4.69, 9.17) is 5.73 Å². The van der Waals surface area contributed by atoms with Crippen LogP contribution in [0, 0.1) is 0 Å². The van der Waals surface area contributed by atoms with E-state index in [-0.39, 0.29) is 32.7 Å². The Labute approximate surface area is 182 Å². The summed E-state index contributed by atoms with van der Waals surface area (Å²) in [6.07, 6.45) is -1.04. The Hall–Kier alpha value is -3.18. The summed E-state index contributed by atoms with van der Waals surface area (Å²) in [6.45, 7) is 0. The van der Waals surface area contributed by atoms with Crippen LogP contribution in [0.3, 0.4) is 0 Å². The molecule has 4 heterocycles. The Morgan fingerprint density at radius 3 is 2.74 bits per heavy atom. The standard InChI is InChI=1S/C20H15F2N5O2S2/c21-17(22)11-6-9(8-3-4-8)14-15(16(18(23)28)31-20(14)24-11)25-19(29)12-7-10(26-27-12)13-2-1-5-30-13/h1-2,5-8,17H,3-4H2,(H2,23,28)(H,25,29)(H,26,27). The Morgan fingerprint density at radius 2 is 2.10 bits per heavy atom. The Balaban J connectivity index is 1.58. The maximum atomic E-state index is 13.3. The summed E-state index contributed by atoms with van der Waals surface area (Å²) >= 11 is 2.40. The number of carbonyl (C=O) groups is 2. The Morgan fingerprint density at radius 1 is 1.29 bits per heavy atom. The van der Waals surface area contributed by atoms with E-state index in [1.54, 1.807) is 6.07 Å². The molecule has 1 fully saturated rings. The third-order valence-electron chi connectivity index (χ3n) is 5.01. The van der Waals surface area contributed by atoms with Crippen molar-refractivity contribution < 1.29 is 18.4 Å². The summed E-state index contributed by atoms with van der Waals surface area (Å²) in [5.74, 6) is -1.22. The fourth-order valence-electron chi connectivity index (χ4n) is 3.44. The monoisotopic (exact) mass is 459 g/mol. The number of nitrogens with two attached hydrogens (primary N) is 1. The van der Waals surface area contributed by atoms with Crippen LogP contribution in [0.5, 0.6) is 0 Å². The van der Waals surface area contributed by atoms with Crippen molar-refractivity contribution in [2.75, 3.05) is 5.32 Å². The van der Waals surface area contributed by atoms with Crippen LogP contribution in [0.1, 0.15) is 56.6 Å². The lowest BCUT2D eigenvalue weighted by atomic mass is 10.0. The number of alkyl halides is 2. The molecule has 4 aromatic rings. The molecule has 0 aromatic carbocycles. The summed E-state index contributed by atoms with van der Waals surface area (Å²) in [5.41, 5.74) is 6.85. The molecule has 1 aliphatic rings. The first-order valence-electron chi connectivity index (χ1n) is 9.38. The van der Waals surface area contributed by atoms with E-state index >= 15 is 0 Å². The average molecular weight is 460 g/mol. The minimum atomic E-state index is -2.74. The number of thiophene rings is 2. The number of H-pyrrole nitrogens is 1. The molecule has 2 amide bonds. The van der Waals surface area contributed by atoms with Gasteiger partial charge in [0, 0.05) is 5.39 Å². The molecule has 158 valence electrons. The highest BCUT2D eigenvalue weighted by atomic mass is 32.1. The smallest absolute Gasteiger partial charge is 0.280 e. The summed E-state index contributed by atoms with van der Waals surface area (Å²) < 4.78 is 26.7. The van der Waals surface area contributed by atoms with Gasteiger partial charge in [0.1, 0.15) is 15.4 Å². The van der Waals surface area contributed by atoms with E-state index in [1.165, 1.54) is 17.4 Å². The van der Waals surface area contributed by atoms with E-state index in [1.807, 2.05) is 17.5 Å². The molecule has 11 heteroatoms. The number of fused-ring (bicyclic) bond motifs is 1. The van der Waals surface area contributed by atoms with Crippen LogP contribution in [-0.2, 0) is 0 Å². The number of carbonyl (C=O) groups excluding carboxylic acids is 2. The number of rotatable bonds is 6. The van der Waals surface area contributed by atoms with Gasteiger partial charge in [-0.25, -0.2) is 13.8 Å². The summed E-state index contributed by atoms with van der Waals surface area (Å²) in [6, 6.07) is 6.75. The second-order valence-electron chi connectivity index (χ2n) is 7.16. The number of hydrogen-bond acceptors (Lipinski definition) is 6. The van der Waals surface area contributed by atoms with Gasteiger partial charge in [-0.05, 0) is 47.9 Å². The Bertz CT molecular complexity index is 1310.